The highest BCUT2D eigenvalue weighted by Crippen LogP contribution is 2.18. The van der Waals surface area contributed by atoms with Crippen molar-refractivity contribution in [1.29, 1.82) is 0 Å². The van der Waals surface area contributed by atoms with Crippen LogP contribution in [-0.4, -0.2) is 56.7 Å². The maximum Gasteiger partial charge on any atom is 0.194 e. The minimum atomic E-state index is 0.566. The predicted molar refractivity (Wildman–Crippen MR) is 106 cm³/mol. The third-order valence-electron chi connectivity index (χ3n) is 3.45. The molecule has 0 atom stereocenters. The largest absolute Gasteiger partial charge is 0.492 e. The van der Waals surface area contributed by atoms with Crippen molar-refractivity contribution < 1.29 is 4.74 Å². The molecule has 0 bridgehead atoms. The van der Waals surface area contributed by atoms with Gasteiger partial charge in [-0.25, -0.2) is 9.98 Å². The highest BCUT2D eigenvalue weighted by molar-refractivity contribution is 7.13. The van der Waals surface area contributed by atoms with Gasteiger partial charge in [0.2, 0.25) is 0 Å². The molecule has 0 fully saturated rings. The van der Waals surface area contributed by atoms with Gasteiger partial charge in [0.25, 0.3) is 0 Å². The molecule has 25 heavy (non-hydrogen) atoms. The fourth-order valence-electron chi connectivity index (χ4n) is 2.12. The van der Waals surface area contributed by atoms with Gasteiger partial charge in [-0.2, -0.15) is 0 Å². The highest BCUT2D eigenvalue weighted by Gasteiger charge is 2.07. The van der Waals surface area contributed by atoms with Crippen LogP contribution < -0.4 is 15.0 Å². The minimum Gasteiger partial charge on any atom is -0.492 e. The van der Waals surface area contributed by atoms with Crippen molar-refractivity contribution in [3.63, 3.8) is 0 Å². The summed E-state index contributed by atoms with van der Waals surface area (Å²) >= 11 is 1.63. The number of anilines is 1. The van der Waals surface area contributed by atoms with E-state index in [0.717, 1.165) is 35.6 Å². The van der Waals surface area contributed by atoms with Gasteiger partial charge >= 0.3 is 0 Å². The Morgan fingerprint density at radius 1 is 1.24 bits per heavy atom. The fraction of sp³-hybridized carbons (Fsp3) is 0.444. The average Bonchev–Trinajstić information content (AvgIpc) is 3.08. The number of guanidine groups is 1. The van der Waals surface area contributed by atoms with Crippen LogP contribution >= 0.6 is 11.3 Å². The number of benzene rings is 1. The summed E-state index contributed by atoms with van der Waals surface area (Å²) in [6.45, 7) is 4.81. The van der Waals surface area contributed by atoms with Crippen molar-refractivity contribution in [2.75, 3.05) is 45.7 Å². The van der Waals surface area contributed by atoms with Crippen LogP contribution in [0.4, 0.5) is 5.13 Å². The summed E-state index contributed by atoms with van der Waals surface area (Å²) in [4.78, 5) is 13.3. The molecule has 0 aliphatic carbocycles. The van der Waals surface area contributed by atoms with Crippen LogP contribution in [0.2, 0.25) is 0 Å². The molecular formula is C18H27N5OS. The molecule has 6 nitrogen and oxygen atoms in total. The van der Waals surface area contributed by atoms with Gasteiger partial charge in [0.15, 0.2) is 11.1 Å². The smallest absolute Gasteiger partial charge is 0.194 e. The molecule has 2 rings (SSSR count). The Morgan fingerprint density at radius 3 is 2.64 bits per heavy atom. The molecule has 0 saturated heterocycles. The third-order valence-corrected chi connectivity index (χ3v) is 4.51. The number of aromatic nitrogens is 1. The molecule has 2 aromatic rings. The fourth-order valence-corrected chi connectivity index (χ4v) is 2.87. The van der Waals surface area contributed by atoms with Crippen molar-refractivity contribution in [3.05, 3.63) is 41.4 Å². The molecule has 1 N–H and O–H groups in total. The topological polar surface area (TPSA) is 53.0 Å². The van der Waals surface area contributed by atoms with Crippen molar-refractivity contribution >= 4 is 22.4 Å². The van der Waals surface area contributed by atoms with Gasteiger partial charge < -0.3 is 19.9 Å². The summed E-state index contributed by atoms with van der Waals surface area (Å²) in [6, 6.07) is 9.85. The lowest BCUT2D eigenvalue weighted by Crippen LogP contribution is -2.40. The second-order valence-electron chi connectivity index (χ2n) is 5.77. The number of hydrogen-bond donors (Lipinski definition) is 1. The molecule has 0 aliphatic rings. The van der Waals surface area contributed by atoms with E-state index in [0.29, 0.717) is 13.2 Å². The van der Waals surface area contributed by atoms with E-state index < -0.39 is 0 Å². The Hall–Kier alpha value is -2.28. The number of nitrogens with one attached hydrogen (secondary N) is 1. The maximum absolute atomic E-state index is 5.76. The highest BCUT2D eigenvalue weighted by atomic mass is 32.1. The monoisotopic (exact) mass is 361 g/mol. The Labute approximate surface area is 154 Å². The third kappa shape index (κ3) is 6.26. The predicted octanol–water partition coefficient (Wildman–Crippen LogP) is 2.69. The second kappa shape index (κ2) is 9.88. The summed E-state index contributed by atoms with van der Waals surface area (Å²) in [5.74, 6) is 1.75. The second-order valence-corrected chi connectivity index (χ2v) is 6.61. The van der Waals surface area contributed by atoms with Gasteiger partial charge in [-0.3, -0.25) is 0 Å². The van der Waals surface area contributed by atoms with Gasteiger partial charge in [-0.05, 0) is 19.1 Å². The van der Waals surface area contributed by atoms with E-state index in [4.69, 9.17) is 4.74 Å². The zero-order valence-electron chi connectivity index (χ0n) is 15.4. The van der Waals surface area contributed by atoms with E-state index in [1.807, 2.05) is 56.4 Å². The van der Waals surface area contributed by atoms with Crippen LogP contribution in [-0.2, 0) is 6.54 Å². The van der Waals surface area contributed by atoms with E-state index in [9.17, 15) is 0 Å². The summed E-state index contributed by atoms with van der Waals surface area (Å²) in [7, 11) is 6.01. The van der Waals surface area contributed by atoms with E-state index in [1.165, 1.54) is 0 Å². The minimum absolute atomic E-state index is 0.566. The molecule has 1 aromatic carbocycles. The Balaban J connectivity index is 1.88. The quantitative estimate of drug-likeness (QED) is 0.579. The molecule has 0 spiro atoms. The van der Waals surface area contributed by atoms with Crippen molar-refractivity contribution in [2.24, 2.45) is 4.99 Å². The lowest BCUT2D eigenvalue weighted by molar-refractivity contribution is 0.281. The first kappa shape index (κ1) is 19.1. The van der Waals surface area contributed by atoms with Gasteiger partial charge in [0.1, 0.15) is 12.4 Å². The Kier molecular flexibility index (Phi) is 7.53. The first-order chi connectivity index (χ1) is 12.1. The lowest BCUT2D eigenvalue weighted by atomic mass is 10.3. The maximum atomic E-state index is 5.76. The Morgan fingerprint density at radius 2 is 2.00 bits per heavy atom. The van der Waals surface area contributed by atoms with E-state index in [-0.39, 0.29) is 0 Å². The molecule has 0 aliphatic heterocycles. The van der Waals surface area contributed by atoms with Crippen LogP contribution in [0.5, 0.6) is 5.75 Å². The number of hydrogen-bond acceptors (Lipinski definition) is 5. The molecular weight excluding hydrogens is 334 g/mol. The first-order valence-electron chi connectivity index (χ1n) is 8.39. The summed E-state index contributed by atoms with van der Waals surface area (Å²) < 4.78 is 5.76. The molecule has 0 amide bonds. The molecule has 136 valence electrons. The standard InChI is InChI=1S/C18H27N5OS/c1-5-19-17(20-13-15-14-25-18(21-15)22(2)3)23(4)11-12-24-16-9-7-6-8-10-16/h6-10,14H,5,11-13H2,1-4H3,(H,19,20). The van der Waals surface area contributed by atoms with Crippen LogP contribution in [0.3, 0.4) is 0 Å². The Bertz CT molecular complexity index is 656. The van der Waals surface area contributed by atoms with Crippen molar-refractivity contribution in [1.82, 2.24) is 15.2 Å². The summed E-state index contributed by atoms with van der Waals surface area (Å²) in [5, 5.41) is 6.37. The number of aliphatic imine (C=N–C) groups is 1. The van der Waals surface area contributed by atoms with Crippen LogP contribution in [0.25, 0.3) is 0 Å². The van der Waals surface area contributed by atoms with Gasteiger partial charge in [0, 0.05) is 33.1 Å². The molecule has 1 heterocycles. The zero-order valence-corrected chi connectivity index (χ0v) is 16.2. The molecule has 1 aromatic heterocycles. The molecule has 0 radical (unpaired) electrons. The van der Waals surface area contributed by atoms with E-state index in [1.54, 1.807) is 11.3 Å². The number of para-hydroxylation sites is 1. The normalized spacial score (nSPS) is 11.3. The van der Waals surface area contributed by atoms with Gasteiger partial charge in [-0.15, -0.1) is 11.3 Å². The van der Waals surface area contributed by atoms with Crippen LogP contribution in [0.15, 0.2) is 40.7 Å². The number of ether oxygens (including phenoxy) is 1. The summed E-state index contributed by atoms with van der Waals surface area (Å²) in [5.41, 5.74) is 0.984. The van der Waals surface area contributed by atoms with E-state index in [2.05, 4.69) is 32.5 Å². The van der Waals surface area contributed by atoms with Crippen LogP contribution in [0.1, 0.15) is 12.6 Å². The SMILES string of the molecule is CCNC(=NCc1csc(N(C)C)n1)N(C)CCOc1ccccc1. The van der Waals surface area contributed by atoms with Crippen molar-refractivity contribution in [2.45, 2.75) is 13.5 Å². The number of likely N-dealkylation sites (N-methyl/N-ethyl adjacent to an activating group) is 1. The van der Waals surface area contributed by atoms with Crippen LogP contribution in [0, 0.1) is 0 Å². The number of thiazole rings is 1. The molecule has 0 saturated carbocycles. The molecule has 0 unspecified atom stereocenters. The summed E-state index contributed by atoms with van der Waals surface area (Å²) in [6.07, 6.45) is 0. The number of nitrogens with zero attached hydrogens (tertiary/aromatic N) is 4. The zero-order chi connectivity index (χ0) is 18.1. The lowest BCUT2D eigenvalue weighted by Gasteiger charge is -2.22. The van der Waals surface area contributed by atoms with Crippen molar-refractivity contribution in [3.8, 4) is 5.75 Å². The number of rotatable bonds is 8. The average molecular weight is 362 g/mol. The van der Waals surface area contributed by atoms with E-state index >= 15 is 0 Å². The molecule has 7 heteroatoms. The van der Waals surface area contributed by atoms with Gasteiger partial charge in [0.05, 0.1) is 18.8 Å². The van der Waals surface area contributed by atoms with Gasteiger partial charge in [-0.1, -0.05) is 18.2 Å². The first-order valence-corrected chi connectivity index (χ1v) is 9.27.